The fourth-order valence-electron chi connectivity index (χ4n) is 3.04. The van der Waals surface area contributed by atoms with Gasteiger partial charge in [-0.3, -0.25) is 9.59 Å². The Labute approximate surface area is 141 Å². The van der Waals surface area contributed by atoms with E-state index in [1.807, 2.05) is 4.90 Å². The normalized spacial score (nSPS) is 17.8. The zero-order valence-corrected chi connectivity index (χ0v) is 14.1. The number of nitrogens with zero attached hydrogens (tertiary/aromatic N) is 1. The summed E-state index contributed by atoms with van der Waals surface area (Å²) in [5.41, 5.74) is 5.93. The molecule has 2 amide bonds. The number of carbonyl (C=O) groups is 2. The Morgan fingerprint density at radius 2 is 2.22 bits per heavy atom. The van der Waals surface area contributed by atoms with Gasteiger partial charge in [0.15, 0.2) is 0 Å². The molecule has 0 saturated carbocycles. The number of piperidine rings is 1. The molecule has 1 heterocycles. The summed E-state index contributed by atoms with van der Waals surface area (Å²) in [6, 6.07) is 5.37. The second-order valence-electron chi connectivity index (χ2n) is 5.95. The first-order valence-corrected chi connectivity index (χ1v) is 8.26. The lowest BCUT2D eigenvalue weighted by atomic mass is 9.93. The van der Waals surface area contributed by atoms with Gasteiger partial charge in [-0.05, 0) is 37.3 Å². The van der Waals surface area contributed by atoms with Crippen molar-refractivity contribution in [3.63, 3.8) is 0 Å². The third-order valence-corrected chi connectivity index (χ3v) is 4.65. The maximum Gasteiger partial charge on any atom is 0.227 e. The van der Waals surface area contributed by atoms with Crippen molar-refractivity contribution in [3.05, 3.63) is 28.8 Å². The number of carbonyl (C=O) groups excluding carboxylic acids is 2. The molecule has 5 nitrogen and oxygen atoms in total. The highest BCUT2D eigenvalue weighted by Gasteiger charge is 2.25. The van der Waals surface area contributed by atoms with Gasteiger partial charge in [-0.15, -0.1) is 0 Å². The molecule has 0 aliphatic carbocycles. The van der Waals surface area contributed by atoms with Crippen LogP contribution in [0.5, 0.6) is 5.75 Å². The molecule has 1 aromatic rings. The summed E-state index contributed by atoms with van der Waals surface area (Å²) >= 11 is 6.20. The number of likely N-dealkylation sites (tertiary alicyclic amines) is 1. The van der Waals surface area contributed by atoms with Crippen molar-refractivity contribution < 1.29 is 14.3 Å². The van der Waals surface area contributed by atoms with Crippen LogP contribution < -0.4 is 10.5 Å². The van der Waals surface area contributed by atoms with Crippen LogP contribution in [0.25, 0.3) is 0 Å². The Kier molecular flexibility index (Phi) is 6.28. The second kappa shape index (κ2) is 8.20. The third-order valence-electron chi connectivity index (χ3n) is 4.29. The first-order chi connectivity index (χ1) is 11.0. The van der Waals surface area contributed by atoms with Gasteiger partial charge in [0, 0.05) is 30.1 Å². The van der Waals surface area contributed by atoms with Crippen molar-refractivity contribution in [3.8, 4) is 5.75 Å². The molecule has 1 aliphatic heterocycles. The predicted octanol–water partition coefficient (Wildman–Crippen LogP) is 2.40. The van der Waals surface area contributed by atoms with Crippen molar-refractivity contribution in [1.29, 1.82) is 0 Å². The molecule has 0 radical (unpaired) electrons. The topological polar surface area (TPSA) is 72.6 Å². The first-order valence-electron chi connectivity index (χ1n) is 7.88. The molecule has 0 aromatic heterocycles. The molecule has 1 aliphatic rings. The zero-order chi connectivity index (χ0) is 16.8. The molecule has 126 valence electrons. The van der Waals surface area contributed by atoms with Gasteiger partial charge in [0.1, 0.15) is 5.75 Å². The first kappa shape index (κ1) is 17.6. The van der Waals surface area contributed by atoms with Crippen molar-refractivity contribution in [2.45, 2.75) is 32.1 Å². The van der Waals surface area contributed by atoms with Crippen LogP contribution in [0.4, 0.5) is 0 Å². The van der Waals surface area contributed by atoms with E-state index in [4.69, 9.17) is 22.1 Å². The number of methoxy groups -OCH3 is 1. The van der Waals surface area contributed by atoms with E-state index in [-0.39, 0.29) is 18.2 Å². The van der Waals surface area contributed by atoms with Crippen LogP contribution in [0.15, 0.2) is 18.2 Å². The van der Waals surface area contributed by atoms with Gasteiger partial charge in [0.05, 0.1) is 13.5 Å². The number of hydrogen-bond donors (Lipinski definition) is 1. The molecule has 23 heavy (non-hydrogen) atoms. The molecular weight excluding hydrogens is 316 g/mol. The molecule has 1 aromatic carbocycles. The Morgan fingerprint density at radius 1 is 1.43 bits per heavy atom. The highest BCUT2D eigenvalue weighted by Crippen LogP contribution is 2.28. The summed E-state index contributed by atoms with van der Waals surface area (Å²) in [6.07, 6.45) is 3.34. The largest absolute Gasteiger partial charge is 0.496 e. The minimum atomic E-state index is -0.283. The van der Waals surface area contributed by atoms with Gasteiger partial charge in [0.25, 0.3) is 0 Å². The van der Waals surface area contributed by atoms with Gasteiger partial charge in [0.2, 0.25) is 11.8 Å². The van der Waals surface area contributed by atoms with Crippen molar-refractivity contribution in [2.24, 2.45) is 11.7 Å². The molecule has 0 spiro atoms. The smallest absolute Gasteiger partial charge is 0.227 e. The fourth-order valence-corrected chi connectivity index (χ4v) is 3.27. The molecule has 1 unspecified atom stereocenters. The Morgan fingerprint density at radius 3 is 2.91 bits per heavy atom. The Hall–Kier alpha value is -1.75. The average Bonchev–Trinajstić information content (AvgIpc) is 2.55. The standard InChI is InChI=1S/C17H23ClN2O3/c1-23-15-6-2-5-14(18)13(15)10-17(22)20-9-3-4-12(11-20)7-8-16(19)21/h2,5-6,12H,3-4,7-11H2,1H3,(H2,19,21). The van der Waals surface area contributed by atoms with E-state index >= 15 is 0 Å². The van der Waals surface area contributed by atoms with Crippen LogP contribution in [0, 0.1) is 5.92 Å². The lowest BCUT2D eigenvalue weighted by Gasteiger charge is -2.33. The molecule has 1 atom stereocenters. The molecule has 2 rings (SSSR count). The number of hydrogen-bond acceptors (Lipinski definition) is 3. The summed E-state index contributed by atoms with van der Waals surface area (Å²) in [7, 11) is 1.57. The number of halogens is 1. The van der Waals surface area contributed by atoms with Gasteiger partial charge >= 0.3 is 0 Å². The third kappa shape index (κ3) is 4.86. The highest BCUT2D eigenvalue weighted by molar-refractivity contribution is 6.31. The monoisotopic (exact) mass is 338 g/mol. The zero-order valence-electron chi connectivity index (χ0n) is 13.4. The summed E-state index contributed by atoms with van der Waals surface area (Å²) in [5, 5.41) is 0.542. The highest BCUT2D eigenvalue weighted by atomic mass is 35.5. The number of ether oxygens (including phenoxy) is 1. The lowest BCUT2D eigenvalue weighted by molar-refractivity contribution is -0.132. The quantitative estimate of drug-likeness (QED) is 0.865. The summed E-state index contributed by atoms with van der Waals surface area (Å²) < 4.78 is 5.29. The van der Waals surface area contributed by atoms with Gasteiger partial charge in [-0.1, -0.05) is 17.7 Å². The maximum atomic E-state index is 12.6. The van der Waals surface area contributed by atoms with E-state index in [2.05, 4.69) is 0 Å². The van der Waals surface area contributed by atoms with Gasteiger partial charge < -0.3 is 15.4 Å². The molecule has 2 N–H and O–H groups in total. The minimum absolute atomic E-state index is 0.0418. The van der Waals surface area contributed by atoms with Crippen LogP contribution in [-0.4, -0.2) is 36.9 Å². The molecular formula is C17H23ClN2O3. The van der Waals surface area contributed by atoms with Crippen LogP contribution in [0.3, 0.4) is 0 Å². The Bertz CT molecular complexity index is 577. The number of benzene rings is 1. The van der Waals surface area contributed by atoms with Crippen LogP contribution in [-0.2, 0) is 16.0 Å². The number of rotatable bonds is 6. The molecule has 6 heteroatoms. The second-order valence-corrected chi connectivity index (χ2v) is 6.36. The van der Waals surface area contributed by atoms with E-state index in [1.54, 1.807) is 25.3 Å². The van der Waals surface area contributed by atoms with Crippen molar-refractivity contribution in [1.82, 2.24) is 4.90 Å². The summed E-state index contributed by atoms with van der Waals surface area (Å²) in [4.78, 5) is 25.4. The van der Waals surface area contributed by atoms with E-state index in [1.165, 1.54) is 0 Å². The number of nitrogens with two attached hydrogens (primary N) is 1. The Balaban J connectivity index is 1.99. The SMILES string of the molecule is COc1cccc(Cl)c1CC(=O)N1CCCC(CCC(N)=O)C1. The van der Waals surface area contributed by atoms with E-state index < -0.39 is 0 Å². The van der Waals surface area contributed by atoms with E-state index in [0.717, 1.165) is 31.4 Å². The van der Waals surface area contributed by atoms with Crippen molar-refractivity contribution in [2.75, 3.05) is 20.2 Å². The minimum Gasteiger partial charge on any atom is -0.496 e. The van der Waals surface area contributed by atoms with Gasteiger partial charge in [-0.2, -0.15) is 0 Å². The van der Waals surface area contributed by atoms with Gasteiger partial charge in [-0.25, -0.2) is 0 Å². The molecule has 0 bridgehead atoms. The van der Waals surface area contributed by atoms with Crippen molar-refractivity contribution >= 4 is 23.4 Å². The average molecular weight is 339 g/mol. The fraction of sp³-hybridized carbons (Fsp3) is 0.529. The number of primary amides is 1. The number of amides is 2. The lowest BCUT2D eigenvalue weighted by Crippen LogP contribution is -2.41. The van der Waals surface area contributed by atoms with E-state index in [0.29, 0.717) is 29.7 Å². The summed E-state index contributed by atoms with van der Waals surface area (Å²) in [6.45, 7) is 1.43. The predicted molar refractivity (Wildman–Crippen MR) is 89.4 cm³/mol. The van der Waals surface area contributed by atoms with E-state index in [9.17, 15) is 9.59 Å². The molecule has 1 fully saturated rings. The van der Waals surface area contributed by atoms with Crippen LogP contribution in [0.2, 0.25) is 5.02 Å². The van der Waals surface area contributed by atoms with Crippen LogP contribution >= 0.6 is 11.6 Å². The molecule has 1 saturated heterocycles. The maximum absolute atomic E-state index is 12.6. The summed E-state index contributed by atoms with van der Waals surface area (Å²) in [5.74, 6) is 0.732. The van der Waals surface area contributed by atoms with Crippen LogP contribution in [0.1, 0.15) is 31.2 Å².